The first-order chi connectivity index (χ1) is 14.1. The zero-order chi connectivity index (χ0) is 20.2. The second-order valence-corrected chi connectivity index (χ2v) is 6.76. The summed E-state index contributed by atoms with van der Waals surface area (Å²) in [6, 6.07) is 11.1. The van der Waals surface area contributed by atoms with Gasteiger partial charge in [0.25, 0.3) is 5.91 Å². The molecule has 29 heavy (non-hydrogen) atoms. The van der Waals surface area contributed by atoms with Crippen molar-refractivity contribution in [3.05, 3.63) is 67.0 Å². The third-order valence-corrected chi connectivity index (χ3v) is 4.74. The monoisotopic (exact) mass is 388 g/mol. The van der Waals surface area contributed by atoms with E-state index in [0.717, 1.165) is 23.4 Å². The summed E-state index contributed by atoms with van der Waals surface area (Å²) in [4.78, 5) is 38.8. The van der Waals surface area contributed by atoms with Gasteiger partial charge in [-0.1, -0.05) is 24.8 Å². The summed E-state index contributed by atoms with van der Waals surface area (Å²) in [6.45, 7) is 4.59. The number of hydrogen-bond donors (Lipinski definition) is 2. The molecule has 1 fully saturated rings. The Hall–Kier alpha value is -3.81. The van der Waals surface area contributed by atoms with Crippen LogP contribution < -0.4 is 10.6 Å². The Morgan fingerprint density at radius 1 is 1.14 bits per heavy atom. The standard InChI is InChI=1S/C21H20N6O2/c1-2-19(28)26-18-8-7-15(12-22-18)20(29)27-10-9-16(13-27)24-21-23-11-14-5-3-4-6-17(14)25-21/h2-8,11-12,16H,1,9-10,13H2,(H,22,26,28)(H,23,24,25)/t16-/m0/s1. The van der Waals surface area contributed by atoms with Crippen LogP contribution in [0.1, 0.15) is 16.8 Å². The molecule has 2 aromatic heterocycles. The predicted molar refractivity (Wildman–Crippen MR) is 111 cm³/mol. The molecule has 0 saturated carbocycles. The maximum atomic E-state index is 12.7. The molecular formula is C21H20N6O2. The summed E-state index contributed by atoms with van der Waals surface area (Å²) in [5, 5.41) is 6.86. The highest BCUT2D eigenvalue weighted by atomic mass is 16.2. The number of benzene rings is 1. The molecule has 4 rings (SSSR count). The number of anilines is 2. The van der Waals surface area contributed by atoms with Crippen molar-refractivity contribution in [1.82, 2.24) is 19.9 Å². The molecular weight excluding hydrogens is 368 g/mol. The average molecular weight is 388 g/mol. The maximum absolute atomic E-state index is 12.7. The highest BCUT2D eigenvalue weighted by Crippen LogP contribution is 2.18. The zero-order valence-electron chi connectivity index (χ0n) is 15.7. The molecule has 0 radical (unpaired) electrons. The average Bonchev–Trinajstić information content (AvgIpc) is 3.22. The molecule has 0 spiro atoms. The number of fused-ring (bicyclic) bond motifs is 1. The summed E-state index contributed by atoms with van der Waals surface area (Å²) >= 11 is 0. The van der Waals surface area contributed by atoms with Gasteiger partial charge in [-0.05, 0) is 30.7 Å². The first-order valence-corrected chi connectivity index (χ1v) is 9.29. The molecule has 1 saturated heterocycles. The molecule has 8 nitrogen and oxygen atoms in total. The molecule has 1 aromatic carbocycles. The van der Waals surface area contributed by atoms with Crippen molar-refractivity contribution < 1.29 is 9.59 Å². The van der Waals surface area contributed by atoms with Crippen LogP contribution in [0.3, 0.4) is 0 Å². The van der Waals surface area contributed by atoms with E-state index in [-0.39, 0.29) is 17.9 Å². The summed E-state index contributed by atoms with van der Waals surface area (Å²) in [5.74, 6) is 0.497. The van der Waals surface area contributed by atoms with E-state index in [2.05, 4.69) is 32.2 Å². The Morgan fingerprint density at radius 3 is 2.79 bits per heavy atom. The van der Waals surface area contributed by atoms with Crippen LogP contribution in [-0.4, -0.2) is 50.8 Å². The van der Waals surface area contributed by atoms with Crippen molar-refractivity contribution in [3.8, 4) is 0 Å². The fourth-order valence-corrected chi connectivity index (χ4v) is 3.24. The van der Waals surface area contributed by atoms with Crippen LogP contribution in [0.15, 0.2) is 61.4 Å². The number of amides is 2. The molecule has 8 heteroatoms. The minimum Gasteiger partial charge on any atom is -0.350 e. The van der Waals surface area contributed by atoms with Crippen molar-refractivity contribution in [2.24, 2.45) is 0 Å². The molecule has 2 N–H and O–H groups in total. The quantitative estimate of drug-likeness (QED) is 0.652. The van der Waals surface area contributed by atoms with E-state index in [1.165, 1.54) is 6.20 Å². The maximum Gasteiger partial charge on any atom is 0.255 e. The van der Waals surface area contributed by atoms with E-state index >= 15 is 0 Å². The van der Waals surface area contributed by atoms with E-state index < -0.39 is 0 Å². The van der Waals surface area contributed by atoms with Gasteiger partial charge in [-0.2, -0.15) is 0 Å². The Balaban J connectivity index is 1.37. The first-order valence-electron chi connectivity index (χ1n) is 9.29. The van der Waals surface area contributed by atoms with Gasteiger partial charge in [0.2, 0.25) is 11.9 Å². The number of carbonyl (C=O) groups excluding carboxylic acids is 2. The van der Waals surface area contributed by atoms with Gasteiger partial charge in [0.1, 0.15) is 5.82 Å². The summed E-state index contributed by atoms with van der Waals surface area (Å²) in [5.41, 5.74) is 1.36. The predicted octanol–water partition coefficient (Wildman–Crippen LogP) is 2.48. The lowest BCUT2D eigenvalue weighted by Crippen LogP contribution is -2.32. The van der Waals surface area contributed by atoms with Gasteiger partial charge in [0.15, 0.2) is 0 Å². The molecule has 1 atom stereocenters. The van der Waals surface area contributed by atoms with Crippen LogP contribution in [0, 0.1) is 0 Å². The Bertz CT molecular complexity index is 1070. The van der Waals surface area contributed by atoms with Crippen LogP contribution in [-0.2, 0) is 4.79 Å². The van der Waals surface area contributed by atoms with E-state index in [0.29, 0.717) is 30.4 Å². The minimum atomic E-state index is -0.346. The van der Waals surface area contributed by atoms with Crippen molar-refractivity contribution in [2.45, 2.75) is 12.5 Å². The van der Waals surface area contributed by atoms with Gasteiger partial charge in [-0.25, -0.2) is 15.0 Å². The number of nitrogens with zero attached hydrogens (tertiary/aromatic N) is 4. The van der Waals surface area contributed by atoms with Crippen LogP contribution in [0.25, 0.3) is 10.9 Å². The number of nitrogens with one attached hydrogen (secondary N) is 2. The van der Waals surface area contributed by atoms with Crippen LogP contribution in [0.5, 0.6) is 0 Å². The summed E-state index contributed by atoms with van der Waals surface area (Å²) < 4.78 is 0. The molecule has 0 aliphatic carbocycles. The topological polar surface area (TPSA) is 100 Å². The summed E-state index contributed by atoms with van der Waals surface area (Å²) in [6.07, 6.45) is 5.23. The Kier molecular flexibility index (Phi) is 5.15. The Morgan fingerprint density at radius 2 is 2.00 bits per heavy atom. The van der Waals surface area contributed by atoms with Gasteiger partial charge < -0.3 is 15.5 Å². The second-order valence-electron chi connectivity index (χ2n) is 6.76. The third kappa shape index (κ3) is 4.21. The Labute approximate surface area is 167 Å². The van der Waals surface area contributed by atoms with E-state index in [1.807, 2.05) is 24.3 Å². The lowest BCUT2D eigenvalue weighted by atomic mass is 10.2. The van der Waals surface area contributed by atoms with Gasteiger partial charge >= 0.3 is 0 Å². The number of pyridine rings is 1. The minimum absolute atomic E-state index is 0.0826. The number of hydrogen-bond acceptors (Lipinski definition) is 6. The smallest absolute Gasteiger partial charge is 0.255 e. The first kappa shape index (κ1) is 18.5. The fraction of sp³-hybridized carbons (Fsp3) is 0.190. The lowest BCUT2D eigenvalue weighted by Gasteiger charge is -2.17. The number of para-hydroxylation sites is 1. The molecule has 146 valence electrons. The van der Waals surface area contributed by atoms with E-state index in [4.69, 9.17) is 0 Å². The van der Waals surface area contributed by atoms with Crippen molar-refractivity contribution in [3.63, 3.8) is 0 Å². The largest absolute Gasteiger partial charge is 0.350 e. The number of carbonyl (C=O) groups is 2. The van der Waals surface area contributed by atoms with Crippen molar-refractivity contribution in [1.29, 1.82) is 0 Å². The van der Waals surface area contributed by atoms with Crippen LogP contribution >= 0.6 is 0 Å². The normalized spacial score (nSPS) is 15.9. The van der Waals surface area contributed by atoms with Crippen molar-refractivity contribution >= 4 is 34.5 Å². The lowest BCUT2D eigenvalue weighted by molar-refractivity contribution is -0.111. The van der Waals surface area contributed by atoms with Crippen molar-refractivity contribution in [2.75, 3.05) is 23.7 Å². The van der Waals surface area contributed by atoms with Gasteiger partial charge in [-0.3, -0.25) is 9.59 Å². The molecule has 3 heterocycles. The number of rotatable bonds is 5. The third-order valence-electron chi connectivity index (χ3n) is 4.74. The molecule has 2 amide bonds. The molecule has 0 unspecified atom stereocenters. The fourth-order valence-electron chi connectivity index (χ4n) is 3.24. The highest BCUT2D eigenvalue weighted by Gasteiger charge is 2.27. The van der Waals surface area contributed by atoms with Gasteiger partial charge in [0.05, 0.1) is 11.1 Å². The van der Waals surface area contributed by atoms with E-state index in [1.54, 1.807) is 23.2 Å². The molecule has 0 bridgehead atoms. The SMILES string of the molecule is C=CC(=O)Nc1ccc(C(=O)N2CC[C@H](Nc3ncc4ccccc4n3)C2)cn1. The van der Waals surface area contributed by atoms with Crippen LogP contribution in [0.4, 0.5) is 11.8 Å². The van der Waals surface area contributed by atoms with Gasteiger partial charge in [0, 0.05) is 36.9 Å². The van der Waals surface area contributed by atoms with Crippen LogP contribution in [0.2, 0.25) is 0 Å². The second kappa shape index (κ2) is 8.05. The number of aromatic nitrogens is 3. The van der Waals surface area contributed by atoms with Gasteiger partial charge in [-0.15, -0.1) is 0 Å². The summed E-state index contributed by atoms with van der Waals surface area (Å²) in [7, 11) is 0. The molecule has 1 aliphatic rings. The zero-order valence-corrected chi connectivity index (χ0v) is 15.7. The number of likely N-dealkylation sites (tertiary alicyclic amines) is 1. The molecule has 3 aromatic rings. The molecule has 1 aliphatic heterocycles. The highest BCUT2D eigenvalue weighted by molar-refractivity contribution is 5.99. The van der Waals surface area contributed by atoms with E-state index in [9.17, 15) is 9.59 Å².